The van der Waals surface area contributed by atoms with Crippen LogP contribution in [0, 0.1) is 0 Å². The zero-order valence-corrected chi connectivity index (χ0v) is 11.0. The van der Waals surface area contributed by atoms with Gasteiger partial charge in [-0.05, 0) is 43.9 Å². The Morgan fingerprint density at radius 2 is 2.05 bits per heavy atom. The van der Waals surface area contributed by atoms with Crippen molar-refractivity contribution in [2.24, 2.45) is 0 Å². The third kappa shape index (κ3) is 1.73. The number of nitrogens with zero attached hydrogens (tertiary/aromatic N) is 2. The van der Waals surface area contributed by atoms with Gasteiger partial charge in [-0.15, -0.1) is 0 Å². The second-order valence-electron chi connectivity index (χ2n) is 5.90. The second kappa shape index (κ2) is 4.06. The number of aromatic carboxylic acids is 1. The highest BCUT2D eigenvalue weighted by molar-refractivity contribution is 5.92. The molecule has 5 heteroatoms. The van der Waals surface area contributed by atoms with Gasteiger partial charge in [-0.3, -0.25) is 0 Å². The van der Waals surface area contributed by atoms with Gasteiger partial charge in [0.05, 0.1) is 22.7 Å². The Morgan fingerprint density at radius 1 is 1.30 bits per heavy atom. The molecule has 2 N–H and O–H groups in total. The van der Waals surface area contributed by atoms with Gasteiger partial charge >= 0.3 is 5.97 Å². The quantitative estimate of drug-likeness (QED) is 0.899. The van der Waals surface area contributed by atoms with E-state index in [1.54, 1.807) is 18.2 Å². The predicted molar refractivity (Wildman–Crippen MR) is 72.9 cm³/mol. The number of aliphatic hydroxyl groups is 1. The molecule has 5 nitrogen and oxygen atoms in total. The molecule has 0 unspecified atom stereocenters. The molecule has 20 heavy (non-hydrogen) atoms. The molecule has 2 saturated carbocycles. The molecule has 0 aliphatic heterocycles. The number of rotatable bonds is 3. The molecule has 0 spiro atoms. The summed E-state index contributed by atoms with van der Waals surface area (Å²) in [5.41, 5.74) is 2.04. The third-order valence-corrected chi connectivity index (χ3v) is 4.36. The van der Waals surface area contributed by atoms with Gasteiger partial charge in [0, 0.05) is 12.0 Å². The summed E-state index contributed by atoms with van der Waals surface area (Å²) in [6.07, 6.45) is 3.56. The largest absolute Gasteiger partial charge is 0.478 e. The first-order valence-corrected chi connectivity index (χ1v) is 7.06. The molecule has 1 aromatic carbocycles. The number of carbonyl (C=O) groups is 1. The molecule has 0 atom stereocenters. The first kappa shape index (κ1) is 11.9. The van der Waals surface area contributed by atoms with Crippen LogP contribution in [0.3, 0.4) is 0 Å². The summed E-state index contributed by atoms with van der Waals surface area (Å²) in [5, 5.41) is 18.7. The molecule has 2 aromatic rings. The zero-order chi connectivity index (χ0) is 13.9. The van der Waals surface area contributed by atoms with Crippen LogP contribution in [-0.4, -0.2) is 31.8 Å². The average Bonchev–Trinajstić information content (AvgIpc) is 3.16. The monoisotopic (exact) mass is 272 g/mol. The van der Waals surface area contributed by atoms with Gasteiger partial charge in [0.15, 0.2) is 0 Å². The summed E-state index contributed by atoms with van der Waals surface area (Å²) in [6, 6.07) is 5.36. The van der Waals surface area contributed by atoms with Crippen molar-refractivity contribution >= 4 is 17.0 Å². The Labute approximate surface area is 115 Å². The Hall–Kier alpha value is -1.88. The van der Waals surface area contributed by atoms with E-state index < -0.39 is 5.97 Å². The van der Waals surface area contributed by atoms with E-state index in [1.807, 2.05) is 0 Å². The van der Waals surface area contributed by atoms with E-state index in [4.69, 9.17) is 10.1 Å². The van der Waals surface area contributed by atoms with Crippen molar-refractivity contribution in [3.05, 3.63) is 29.6 Å². The summed E-state index contributed by atoms with van der Waals surface area (Å²) in [4.78, 5) is 15.8. The van der Waals surface area contributed by atoms with Crippen LogP contribution in [0.1, 0.15) is 53.8 Å². The highest BCUT2D eigenvalue weighted by Gasteiger charge is 2.36. The van der Waals surface area contributed by atoms with E-state index in [0.29, 0.717) is 11.5 Å². The zero-order valence-electron chi connectivity index (χ0n) is 11.0. The van der Waals surface area contributed by atoms with Crippen LogP contribution in [0.15, 0.2) is 18.2 Å². The molecule has 1 heterocycles. The first-order chi connectivity index (χ1) is 9.63. The number of benzene rings is 1. The van der Waals surface area contributed by atoms with Crippen molar-refractivity contribution in [2.45, 2.75) is 43.7 Å². The number of carboxylic acids is 1. The molecule has 0 bridgehead atoms. The van der Waals surface area contributed by atoms with Crippen LogP contribution in [0.4, 0.5) is 0 Å². The van der Waals surface area contributed by atoms with Crippen LogP contribution < -0.4 is 0 Å². The van der Waals surface area contributed by atoms with Gasteiger partial charge in [-0.2, -0.15) is 0 Å². The summed E-state index contributed by atoms with van der Waals surface area (Å²) in [6.45, 7) is 0. The average molecular weight is 272 g/mol. The molecule has 0 amide bonds. The van der Waals surface area contributed by atoms with Gasteiger partial charge in [0.2, 0.25) is 0 Å². The Morgan fingerprint density at radius 3 is 2.65 bits per heavy atom. The minimum Gasteiger partial charge on any atom is -0.478 e. The van der Waals surface area contributed by atoms with Gasteiger partial charge in [0.1, 0.15) is 5.82 Å². The highest BCUT2D eigenvalue weighted by Crippen LogP contribution is 2.45. The van der Waals surface area contributed by atoms with Crippen LogP contribution in [0.2, 0.25) is 0 Å². The van der Waals surface area contributed by atoms with Crippen LogP contribution in [0.5, 0.6) is 0 Å². The SMILES string of the molecule is O=C(O)c1ccc2nc(C3CC3)n(C3CC(O)C3)c2c1. The fourth-order valence-corrected chi connectivity index (χ4v) is 3.03. The second-order valence-corrected chi connectivity index (χ2v) is 5.90. The lowest BCUT2D eigenvalue weighted by atomic mass is 9.89. The lowest BCUT2D eigenvalue weighted by Crippen LogP contribution is -2.31. The number of aromatic nitrogens is 2. The molecule has 2 fully saturated rings. The van der Waals surface area contributed by atoms with Crippen LogP contribution in [-0.2, 0) is 0 Å². The van der Waals surface area contributed by atoms with Gasteiger partial charge < -0.3 is 14.8 Å². The topological polar surface area (TPSA) is 75.3 Å². The molecule has 104 valence electrons. The normalized spacial score (nSPS) is 25.6. The van der Waals surface area contributed by atoms with Crippen molar-refractivity contribution in [3.8, 4) is 0 Å². The van der Waals surface area contributed by atoms with E-state index in [1.165, 1.54) is 0 Å². The smallest absolute Gasteiger partial charge is 0.335 e. The van der Waals surface area contributed by atoms with Gasteiger partial charge in [-0.25, -0.2) is 9.78 Å². The van der Waals surface area contributed by atoms with E-state index in [-0.39, 0.29) is 12.1 Å². The van der Waals surface area contributed by atoms with E-state index in [0.717, 1.165) is 42.5 Å². The lowest BCUT2D eigenvalue weighted by molar-refractivity contribution is 0.0489. The molecule has 0 radical (unpaired) electrons. The maximum absolute atomic E-state index is 11.1. The molecule has 1 aromatic heterocycles. The van der Waals surface area contributed by atoms with Gasteiger partial charge in [-0.1, -0.05) is 0 Å². The third-order valence-electron chi connectivity index (χ3n) is 4.36. The Balaban J connectivity index is 1.88. The standard InChI is InChI=1S/C15H16N2O3/c18-11-6-10(7-11)17-13-5-9(15(19)20)3-4-12(13)16-14(17)8-1-2-8/h3-5,8,10-11,18H,1-2,6-7H2,(H,19,20). The predicted octanol–water partition coefficient (Wildman–Crippen LogP) is 2.31. The minimum atomic E-state index is -0.915. The van der Waals surface area contributed by atoms with Crippen molar-refractivity contribution in [2.75, 3.05) is 0 Å². The fourth-order valence-electron chi connectivity index (χ4n) is 3.03. The molecular formula is C15H16N2O3. The minimum absolute atomic E-state index is 0.229. The Kier molecular flexibility index (Phi) is 2.41. The van der Waals surface area contributed by atoms with E-state index >= 15 is 0 Å². The number of aliphatic hydroxyl groups excluding tert-OH is 1. The van der Waals surface area contributed by atoms with E-state index in [2.05, 4.69) is 4.57 Å². The number of hydrogen-bond donors (Lipinski definition) is 2. The number of imidazole rings is 1. The number of fused-ring (bicyclic) bond motifs is 1. The van der Waals surface area contributed by atoms with Crippen molar-refractivity contribution in [1.29, 1.82) is 0 Å². The molecule has 2 aliphatic rings. The van der Waals surface area contributed by atoms with Gasteiger partial charge in [0.25, 0.3) is 0 Å². The molecular weight excluding hydrogens is 256 g/mol. The van der Waals surface area contributed by atoms with Crippen molar-refractivity contribution in [3.63, 3.8) is 0 Å². The summed E-state index contributed by atoms with van der Waals surface area (Å²) in [5.74, 6) is 0.661. The van der Waals surface area contributed by atoms with Crippen molar-refractivity contribution < 1.29 is 15.0 Å². The molecule has 0 saturated heterocycles. The van der Waals surface area contributed by atoms with E-state index in [9.17, 15) is 9.90 Å². The maximum Gasteiger partial charge on any atom is 0.335 e. The van der Waals surface area contributed by atoms with Crippen LogP contribution in [0.25, 0.3) is 11.0 Å². The Bertz CT molecular complexity index is 696. The maximum atomic E-state index is 11.1. The first-order valence-electron chi connectivity index (χ1n) is 7.06. The summed E-state index contributed by atoms with van der Waals surface area (Å²) >= 11 is 0. The summed E-state index contributed by atoms with van der Waals surface area (Å²) < 4.78 is 2.17. The van der Waals surface area contributed by atoms with Crippen molar-refractivity contribution in [1.82, 2.24) is 9.55 Å². The highest BCUT2D eigenvalue weighted by atomic mass is 16.4. The number of carboxylic acid groups (broad SMARTS) is 1. The van der Waals surface area contributed by atoms with Crippen LogP contribution >= 0.6 is 0 Å². The molecule has 2 aliphatic carbocycles. The number of hydrogen-bond acceptors (Lipinski definition) is 3. The fraction of sp³-hybridized carbons (Fsp3) is 0.467. The lowest BCUT2D eigenvalue weighted by Gasteiger charge is -2.34. The summed E-state index contributed by atoms with van der Waals surface area (Å²) in [7, 11) is 0. The molecule has 4 rings (SSSR count).